The van der Waals surface area contributed by atoms with Crippen LogP contribution in [0.3, 0.4) is 0 Å². The highest BCUT2D eigenvalue weighted by Crippen LogP contribution is 2.23. The first-order valence-corrected chi connectivity index (χ1v) is 10.9. The standard InChI is InChI=1S/C21H25FN2O3S/c1-3-16(2)17-8-10-18(11-9-17)28(26,27)24-14-12-23(13-15-24)21(25)19-6-4-5-7-20(19)22/h4-11,16H,3,12-15H2,1-2H3/t16-/m0/s1. The smallest absolute Gasteiger partial charge is 0.256 e. The molecule has 2 aromatic carbocycles. The number of piperazine rings is 1. The summed E-state index contributed by atoms with van der Waals surface area (Å²) in [5.74, 6) is -0.596. The van der Waals surface area contributed by atoms with Crippen molar-refractivity contribution in [1.29, 1.82) is 0 Å². The Balaban J connectivity index is 1.68. The van der Waals surface area contributed by atoms with Crippen LogP contribution in [0.1, 0.15) is 42.1 Å². The van der Waals surface area contributed by atoms with Crippen LogP contribution in [0.2, 0.25) is 0 Å². The molecule has 1 saturated heterocycles. The fraction of sp³-hybridized carbons (Fsp3) is 0.381. The molecule has 1 amide bonds. The van der Waals surface area contributed by atoms with Gasteiger partial charge in [-0.15, -0.1) is 0 Å². The van der Waals surface area contributed by atoms with Crippen LogP contribution in [0, 0.1) is 5.82 Å². The van der Waals surface area contributed by atoms with Crippen LogP contribution in [-0.2, 0) is 10.0 Å². The summed E-state index contributed by atoms with van der Waals surface area (Å²) in [6.07, 6.45) is 0.990. The number of carbonyl (C=O) groups is 1. The summed E-state index contributed by atoms with van der Waals surface area (Å²) in [6.45, 7) is 5.05. The Hall–Kier alpha value is -2.25. The van der Waals surface area contributed by atoms with Crippen LogP contribution < -0.4 is 0 Å². The second-order valence-electron chi connectivity index (χ2n) is 7.05. The molecular formula is C21H25FN2O3S. The molecule has 3 rings (SSSR count). The molecule has 7 heteroatoms. The molecule has 1 aliphatic heterocycles. The largest absolute Gasteiger partial charge is 0.336 e. The number of sulfonamides is 1. The molecule has 2 aromatic rings. The number of nitrogens with zero attached hydrogens (tertiary/aromatic N) is 2. The molecule has 1 heterocycles. The van der Waals surface area contributed by atoms with Gasteiger partial charge < -0.3 is 4.90 Å². The number of carbonyl (C=O) groups excluding carboxylic acids is 1. The first-order chi connectivity index (χ1) is 13.3. The highest BCUT2D eigenvalue weighted by Gasteiger charge is 2.31. The van der Waals surface area contributed by atoms with Crippen LogP contribution in [0.4, 0.5) is 4.39 Å². The van der Waals surface area contributed by atoms with Gasteiger partial charge in [-0.25, -0.2) is 12.8 Å². The van der Waals surface area contributed by atoms with E-state index in [-0.39, 0.29) is 36.6 Å². The van der Waals surface area contributed by atoms with E-state index in [1.54, 1.807) is 18.2 Å². The zero-order valence-corrected chi connectivity index (χ0v) is 17.0. The zero-order chi connectivity index (χ0) is 20.3. The van der Waals surface area contributed by atoms with Gasteiger partial charge in [0.1, 0.15) is 5.82 Å². The second-order valence-corrected chi connectivity index (χ2v) is 8.99. The van der Waals surface area contributed by atoms with Crippen LogP contribution in [0.5, 0.6) is 0 Å². The van der Waals surface area contributed by atoms with E-state index in [9.17, 15) is 17.6 Å². The van der Waals surface area contributed by atoms with Gasteiger partial charge in [0.05, 0.1) is 10.5 Å². The van der Waals surface area contributed by atoms with Crippen LogP contribution in [0.25, 0.3) is 0 Å². The van der Waals surface area contributed by atoms with E-state index in [4.69, 9.17) is 0 Å². The first-order valence-electron chi connectivity index (χ1n) is 9.48. The molecule has 0 bridgehead atoms. The van der Waals surface area contributed by atoms with E-state index < -0.39 is 21.7 Å². The zero-order valence-electron chi connectivity index (χ0n) is 16.1. The Morgan fingerprint density at radius 1 is 1.04 bits per heavy atom. The minimum Gasteiger partial charge on any atom is -0.336 e. The number of amides is 1. The Morgan fingerprint density at radius 2 is 1.64 bits per heavy atom. The van der Waals surface area contributed by atoms with Gasteiger partial charge in [-0.05, 0) is 42.2 Å². The normalized spacial score (nSPS) is 16.8. The Labute approximate surface area is 165 Å². The van der Waals surface area contributed by atoms with E-state index in [2.05, 4.69) is 13.8 Å². The van der Waals surface area contributed by atoms with Crippen LogP contribution >= 0.6 is 0 Å². The molecule has 0 unspecified atom stereocenters. The summed E-state index contributed by atoms with van der Waals surface area (Å²) < 4.78 is 41.0. The van der Waals surface area contributed by atoms with Crippen molar-refractivity contribution in [3.05, 3.63) is 65.5 Å². The van der Waals surface area contributed by atoms with Crippen molar-refractivity contribution in [3.8, 4) is 0 Å². The summed E-state index contributed by atoms with van der Waals surface area (Å²) in [5.41, 5.74) is 1.13. The molecule has 0 radical (unpaired) electrons. The molecule has 150 valence electrons. The van der Waals surface area contributed by atoms with Gasteiger partial charge in [0, 0.05) is 26.2 Å². The quantitative estimate of drug-likeness (QED) is 0.767. The third-order valence-corrected chi connectivity index (χ3v) is 7.24. The summed E-state index contributed by atoms with van der Waals surface area (Å²) >= 11 is 0. The molecular weight excluding hydrogens is 379 g/mol. The molecule has 1 aliphatic rings. The van der Waals surface area contributed by atoms with Crippen LogP contribution in [0.15, 0.2) is 53.4 Å². The lowest BCUT2D eigenvalue weighted by atomic mass is 9.99. The number of halogens is 1. The lowest BCUT2D eigenvalue weighted by Crippen LogP contribution is -2.50. The number of benzene rings is 2. The van der Waals surface area contributed by atoms with Gasteiger partial charge in [-0.3, -0.25) is 4.79 Å². The van der Waals surface area contributed by atoms with Crippen molar-refractivity contribution in [1.82, 2.24) is 9.21 Å². The summed E-state index contributed by atoms with van der Waals surface area (Å²) in [5, 5.41) is 0. The van der Waals surface area contributed by atoms with E-state index in [1.165, 1.54) is 27.4 Å². The van der Waals surface area contributed by atoms with Crippen molar-refractivity contribution in [2.45, 2.75) is 31.1 Å². The fourth-order valence-electron chi connectivity index (χ4n) is 3.29. The Kier molecular flexibility index (Phi) is 6.15. The van der Waals surface area contributed by atoms with Crippen molar-refractivity contribution in [3.63, 3.8) is 0 Å². The maximum atomic E-state index is 13.8. The maximum Gasteiger partial charge on any atom is 0.256 e. The van der Waals surface area contributed by atoms with Crippen molar-refractivity contribution < 1.29 is 17.6 Å². The predicted molar refractivity (Wildman–Crippen MR) is 106 cm³/mol. The topological polar surface area (TPSA) is 57.7 Å². The molecule has 0 N–H and O–H groups in total. The highest BCUT2D eigenvalue weighted by atomic mass is 32.2. The molecule has 28 heavy (non-hydrogen) atoms. The van der Waals surface area contributed by atoms with Gasteiger partial charge in [-0.1, -0.05) is 38.1 Å². The molecule has 0 saturated carbocycles. The van der Waals surface area contributed by atoms with Gasteiger partial charge in [0.25, 0.3) is 5.91 Å². The van der Waals surface area contributed by atoms with E-state index in [1.807, 2.05) is 12.1 Å². The Morgan fingerprint density at radius 3 is 2.21 bits per heavy atom. The van der Waals surface area contributed by atoms with Gasteiger partial charge in [0.15, 0.2) is 0 Å². The van der Waals surface area contributed by atoms with E-state index in [0.29, 0.717) is 5.92 Å². The lowest BCUT2D eigenvalue weighted by molar-refractivity contribution is 0.0693. The van der Waals surface area contributed by atoms with Crippen LogP contribution in [-0.4, -0.2) is 49.7 Å². The highest BCUT2D eigenvalue weighted by molar-refractivity contribution is 7.89. The van der Waals surface area contributed by atoms with E-state index >= 15 is 0 Å². The van der Waals surface area contributed by atoms with E-state index in [0.717, 1.165) is 12.0 Å². The third-order valence-electron chi connectivity index (χ3n) is 5.33. The van der Waals surface area contributed by atoms with Crippen molar-refractivity contribution >= 4 is 15.9 Å². The monoisotopic (exact) mass is 404 g/mol. The molecule has 0 aliphatic carbocycles. The van der Waals surface area contributed by atoms with Crippen molar-refractivity contribution in [2.75, 3.05) is 26.2 Å². The second kappa shape index (κ2) is 8.41. The average Bonchev–Trinajstić information content (AvgIpc) is 2.73. The molecule has 1 atom stereocenters. The van der Waals surface area contributed by atoms with Gasteiger partial charge >= 0.3 is 0 Å². The number of hydrogen-bond donors (Lipinski definition) is 0. The van der Waals surface area contributed by atoms with Gasteiger partial charge in [0.2, 0.25) is 10.0 Å². The average molecular weight is 405 g/mol. The van der Waals surface area contributed by atoms with Crippen molar-refractivity contribution in [2.24, 2.45) is 0 Å². The first kappa shape index (κ1) is 20.5. The molecule has 0 spiro atoms. The van der Waals surface area contributed by atoms with Gasteiger partial charge in [-0.2, -0.15) is 4.31 Å². The molecule has 1 fully saturated rings. The number of rotatable bonds is 5. The summed E-state index contributed by atoms with van der Waals surface area (Å²) in [6, 6.07) is 12.8. The third kappa shape index (κ3) is 4.10. The fourth-order valence-corrected chi connectivity index (χ4v) is 4.71. The summed E-state index contributed by atoms with van der Waals surface area (Å²) in [4.78, 5) is 14.2. The maximum absolute atomic E-state index is 13.8. The minimum absolute atomic E-state index is 0.0134. The molecule has 0 aromatic heterocycles. The Bertz CT molecular complexity index is 936. The minimum atomic E-state index is -3.61. The SMILES string of the molecule is CC[C@H](C)c1ccc(S(=O)(=O)N2CCN(C(=O)c3ccccc3F)CC2)cc1. The number of hydrogen-bond acceptors (Lipinski definition) is 3. The lowest BCUT2D eigenvalue weighted by Gasteiger charge is -2.34. The molecule has 5 nitrogen and oxygen atoms in total. The predicted octanol–water partition coefficient (Wildman–Crippen LogP) is 3.49. The summed E-state index contributed by atoms with van der Waals surface area (Å²) in [7, 11) is -3.61.